The molecule has 4 heteroatoms. The van der Waals surface area contributed by atoms with Crippen molar-refractivity contribution in [2.45, 2.75) is 39.7 Å². The lowest BCUT2D eigenvalue weighted by Gasteiger charge is -2.35. The lowest BCUT2D eigenvalue weighted by atomic mass is 9.74. The number of aliphatic hydroxyl groups is 1. The van der Waals surface area contributed by atoms with Crippen molar-refractivity contribution in [2.75, 3.05) is 0 Å². The van der Waals surface area contributed by atoms with Crippen LogP contribution in [0, 0.1) is 16.7 Å². The van der Waals surface area contributed by atoms with E-state index in [9.17, 15) is 15.2 Å². The summed E-state index contributed by atoms with van der Waals surface area (Å²) in [5, 5.41) is 23.5. The molecule has 0 spiro atoms. The maximum Gasteiger partial charge on any atom is 0.178 e. The van der Waals surface area contributed by atoms with Crippen LogP contribution in [0.5, 0.6) is 0 Å². The molecule has 0 saturated carbocycles. The van der Waals surface area contributed by atoms with Crippen molar-refractivity contribution < 1.29 is 9.90 Å². The fourth-order valence-electron chi connectivity index (χ4n) is 3.42. The lowest BCUT2D eigenvalue weighted by Crippen LogP contribution is -2.41. The zero-order valence-electron chi connectivity index (χ0n) is 16.2. The van der Waals surface area contributed by atoms with Gasteiger partial charge >= 0.3 is 0 Å². The standard InChI is InChI=1S/C23H26N2O2/c1-6-19(26)13-20-16(3)22(27)18-10-8-7-9-17(14-24)11-15(2)25-21(12-18)23(20,4)5/h6-7,9,11-13,21,25,27H,1-2,8,10H2,3-5H3/b9-7-,17-11+,20-13?. The fraction of sp³-hybridized carbons (Fsp3) is 0.304. The van der Waals surface area contributed by atoms with Gasteiger partial charge in [-0.25, -0.2) is 0 Å². The third kappa shape index (κ3) is 4.38. The molecular formula is C23H26N2O2. The van der Waals surface area contributed by atoms with Gasteiger partial charge in [0, 0.05) is 11.1 Å². The number of hydrogen-bond acceptors (Lipinski definition) is 4. The van der Waals surface area contributed by atoms with Gasteiger partial charge in [-0.15, -0.1) is 0 Å². The molecule has 0 fully saturated rings. The van der Waals surface area contributed by atoms with E-state index in [1.807, 2.05) is 32.9 Å². The Balaban J connectivity index is 2.65. The van der Waals surface area contributed by atoms with E-state index in [1.165, 1.54) is 12.2 Å². The minimum Gasteiger partial charge on any atom is -0.507 e. The Morgan fingerprint density at radius 1 is 1.48 bits per heavy atom. The number of nitriles is 1. The number of rotatable bonds is 2. The predicted molar refractivity (Wildman–Crippen MR) is 109 cm³/mol. The van der Waals surface area contributed by atoms with E-state index in [0.29, 0.717) is 29.7 Å². The van der Waals surface area contributed by atoms with Crippen LogP contribution >= 0.6 is 0 Å². The van der Waals surface area contributed by atoms with Crippen LogP contribution in [0.1, 0.15) is 33.6 Å². The Bertz CT molecular complexity index is 871. The Kier molecular flexibility index (Phi) is 6.07. The van der Waals surface area contributed by atoms with Crippen LogP contribution in [0.25, 0.3) is 0 Å². The molecule has 2 aliphatic rings. The van der Waals surface area contributed by atoms with Crippen LogP contribution in [0.4, 0.5) is 0 Å². The van der Waals surface area contributed by atoms with E-state index >= 15 is 0 Å². The molecule has 0 saturated heterocycles. The number of nitrogens with one attached hydrogen (secondary N) is 1. The third-order valence-corrected chi connectivity index (χ3v) is 5.07. The first kappa shape index (κ1) is 20.3. The predicted octanol–water partition coefficient (Wildman–Crippen LogP) is 4.74. The molecule has 1 atom stereocenters. The summed E-state index contributed by atoms with van der Waals surface area (Å²) in [6, 6.07) is 1.93. The molecule has 2 rings (SSSR count). The topological polar surface area (TPSA) is 73.1 Å². The van der Waals surface area contributed by atoms with Gasteiger partial charge in [0.1, 0.15) is 5.76 Å². The van der Waals surface area contributed by atoms with E-state index in [2.05, 4.69) is 24.5 Å². The summed E-state index contributed by atoms with van der Waals surface area (Å²) in [5.41, 5.74) is 2.84. The molecule has 1 aliphatic carbocycles. The average Bonchev–Trinajstić information content (AvgIpc) is 2.72. The summed E-state index contributed by atoms with van der Waals surface area (Å²) >= 11 is 0. The number of hydrogen-bond donors (Lipinski definition) is 2. The summed E-state index contributed by atoms with van der Waals surface area (Å²) < 4.78 is 0. The maximum absolute atomic E-state index is 12.1. The van der Waals surface area contributed by atoms with Crippen molar-refractivity contribution in [3.05, 3.63) is 83.4 Å². The zero-order chi connectivity index (χ0) is 20.2. The first-order valence-corrected chi connectivity index (χ1v) is 8.94. The van der Waals surface area contributed by atoms with E-state index in [1.54, 1.807) is 12.2 Å². The van der Waals surface area contributed by atoms with Crippen molar-refractivity contribution in [3.63, 3.8) is 0 Å². The molecule has 0 aromatic heterocycles. The highest BCUT2D eigenvalue weighted by Gasteiger charge is 2.37. The Morgan fingerprint density at radius 2 is 2.19 bits per heavy atom. The molecule has 140 valence electrons. The van der Waals surface area contributed by atoms with E-state index in [4.69, 9.17) is 0 Å². The van der Waals surface area contributed by atoms with Gasteiger partial charge in [-0.3, -0.25) is 4.79 Å². The van der Waals surface area contributed by atoms with Gasteiger partial charge < -0.3 is 10.4 Å². The number of ketones is 1. The zero-order valence-corrected chi connectivity index (χ0v) is 16.2. The van der Waals surface area contributed by atoms with Crippen molar-refractivity contribution in [2.24, 2.45) is 5.41 Å². The number of allylic oxidation sites excluding steroid dienone is 8. The number of carbonyl (C=O) groups is 1. The average molecular weight is 362 g/mol. The van der Waals surface area contributed by atoms with Crippen LogP contribution in [0.2, 0.25) is 0 Å². The van der Waals surface area contributed by atoms with Crippen LogP contribution < -0.4 is 5.32 Å². The second kappa shape index (κ2) is 8.09. The number of carbonyl (C=O) groups excluding carboxylic acids is 1. The summed E-state index contributed by atoms with van der Waals surface area (Å²) in [6.07, 6.45) is 11.5. The Hall–Kier alpha value is -3.06. The normalized spacial score (nSPS) is 27.1. The van der Waals surface area contributed by atoms with E-state index in [-0.39, 0.29) is 17.6 Å². The van der Waals surface area contributed by atoms with Gasteiger partial charge in [0.25, 0.3) is 0 Å². The molecule has 1 unspecified atom stereocenters. The van der Waals surface area contributed by atoms with Crippen LogP contribution in [-0.4, -0.2) is 16.9 Å². The van der Waals surface area contributed by atoms with Crippen molar-refractivity contribution >= 4 is 5.78 Å². The fourth-order valence-corrected chi connectivity index (χ4v) is 3.42. The number of fused-ring (bicyclic) bond motifs is 1. The molecule has 0 aromatic carbocycles. The van der Waals surface area contributed by atoms with Gasteiger partial charge in [0.15, 0.2) is 5.78 Å². The highest BCUT2D eigenvalue weighted by molar-refractivity contribution is 6.00. The minimum atomic E-state index is -0.510. The molecule has 1 aliphatic heterocycles. The SMILES string of the molecule is C=CC(=O)C=C1C(C)=C(O)C2=CC(NC(=C)/C=C(C#N)\C=C/CC2)C1(C)C. The second-order valence-corrected chi connectivity index (χ2v) is 7.35. The first-order valence-electron chi connectivity index (χ1n) is 8.94. The van der Waals surface area contributed by atoms with Crippen LogP contribution in [0.15, 0.2) is 83.4 Å². The van der Waals surface area contributed by atoms with Crippen molar-refractivity contribution in [1.82, 2.24) is 5.32 Å². The van der Waals surface area contributed by atoms with Crippen LogP contribution in [-0.2, 0) is 4.79 Å². The largest absolute Gasteiger partial charge is 0.507 e. The van der Waals surface area contributed by atoms with Gasteiger partial charge in [-0.2, -0.15) is 5.26 Å². The monoisotopic (exact) mass is 362 g/mol. The first-order chi connectivity index (χ1) is 12.7. The molecule has 0 amide bonds. The van der Waals surface area contributed by atoms with E-state index < -0.39 is 5.41 Å². The van der Waals surface area contributed by atoms with Crippen molar-refractivity contribution in [1.29, 1.82) is 5.26 Å². The summed E-state index contributed by atoms with van der Waals surface area (Å²) in [7, 11) is 0. The van der Waals surface area contributed by atoms with Gasteiger partial charge in [0.05, 0.1) is 17.7 Å². The second-order valence-electron chi connectivity index (χ2n) is 7.35. The van der Waals surface area contributed by atoms with Crippen LogP contribution in [0.3, 0.4) is 0 Å². The minimum absolute atomic E-state index is 0.196. The highest BCUT2D eigenvalue weighted by atomic mass is 16.3. The Morgan fingerprint density at radius 3 is 2.81 bits per heavy atom. The van der Waals surface area contributed by atoms with E-state index in [0.717, 1.165) is 11.1 Å². The lowest BCUT2D eigenvalue weighted by molar-refractivity contribution is -0.110. The Labute approximate surface area is 161 Å². The highest BCUT2D eigenvalue weighted by Crippen LogP contribution is 2.42. The molecule has 2 N–H and O–H groups in total. The smallest absolute Gasteiger partial charge is 0.178 e. The molecular weight excluding hydrogens is 336 g/mol. The quantitative estimate of drug-likeness (QED) is 0.696. The van der Waals surface area contributed by atoms with Gasteiger partial charge in [-0.05, 0) is 60.8 Å². The van der Waals surface area contributed by atoms with Crippen molar-refractivity contribution in [3.8, 4) is 6.07 Å². The van der Waals surface area contributed by atoms with Gasteiger partial charge in [-0.1, -0.05) is 39.2 Å². The maximum atomic E-state index is 12.1. The molecule has 2 bridgehead atoms. The van der Waals surface area contributed by atoms with Gasteiger partial charge in [0.2, 0.25) is 0 Å². The summed E-state index contributed by atoms with van der Waals surface area (Å²) in [5.74, 6) is -0.0100. The number of nitrogens with zero attached hydrogens (tertiary/aromatic N) is 1. The molecule has 27 heavy (non-hydrogen) atoms. The summed E-state index contributed by atoms with van der Waals surface area (Å²) in [4.78, 5) is 12.1. The molecule has 1 heterocycles. The third-order valence-electron chi connectivity index (χ3n) is 5.07. The molecule has 0 aromatic rings. The summed E-state index contributed by atoms with van der Waals surface area (Å²) in [6.45, 7) is 13.4. The number of aliphatic hydroxyl groups excluding tert-OH is 1. The molecule has 4 nitrogen and oxygen atoms in total. The molecule has 0 radical (unpaired) electrons.